The van der Waals surface area contributed by atoms with E-state index in [0.717, 1.165) is 10.0 Å². The highest BCUT2D eigenvalue weighted by Crippen LogP contribution is 2.22. The van der Waals surface area contributed by atoms with E-state index >= 15 is 0 Å². The van der Waals surface area contributed by atoms with Gasteiger partial charge in [0, 0.05) is 4.47 Å². The molecule has 0 aliphatic rings. The van der Waals surface area contributed by atoms with Crippen molar-refractivity contribution in [2.45, 2.75) is 31.8 Å². The first-order valence-corrected chi connectivity index (χ1v) is 6.57. The zero-order chi connectivity index (χ0) is 14.6. The topological polar surface area (TPSA) is 92.4 Å². The minimum atomic E-state index is -1.09. The average molecular weight is 329 g/mol. The third kappa shape index (κ3) is 4.65. The number of nitrogens with two attached hydrogens (primary N) is 1. The van der Waals surface area contributed by atoms with Crippen LogP contribution < -0.4 is 11.1 Å². The van der Waals surface area contributed by atoms with E-state index in [-0.39, 0.29) is 6.42 Å². The maximum atomic E-state index is 11.8. The molecule has 0 aliphatic heterocycles. The van der Waals surface area contributed by atoms with E-state index in [9.17, 15) is 9.59 Å². The molecule has 0 aromatic heterocycles. The van der Waals surface area contributed by atoms with E-state index in [1.165, 1.54) is 0 Å². The Morgan fingerprint density at radius 2 is 1.89 bits per heavy atom. The van der Waals surface area contributed by atoms with Crippen LogP contribution in [-0.4, -0.2) is 23.0 Å². The molecule has 1 unspecified atom stereocenters. The second-order valence-corrected chi connectivity index (χ2v) is 5.74. The van der Waals surface area contributed by atoms with Gasteiger partial charge in [-0.3, -0.25) is 9.59 Å². The van der Waals surface area contributed by atoms with Crippen molar-refractivity contribution in [3.8, 4) is 0 Å². The number of carboxylic acid groups (broad SMARTS) is 1. The van der Waals surface area contributed by atoms with Gasteiger partial charge in [0.25, 0.3) is 0 Å². The number of rotatable bonds is 5. The standard InChI is InChI=1S/C13H17BrN2O3/c1-13(2,8-3-5-9(14)6-4-8)16-12(19)10(15)7-11(17)18/h3-6,10H,7,15H2,1-2H3,(H,16,19)(H,17,18). The Bertz CT molecular complexity index is 471. The van der Waals surface area contributed by atoms with Crippen molar-refractivity contribution >= 4 is 27.8 Å². The number of carbonyl (C=O) groups excluding carboxylic acids is 1. The van der Waals surface area contributed by atoms with Crippen molar-refractivity contribution in [3.63, 3.8) is 0 Å². The maximum Gasteiger partial charge on any atom is 0.305 e. The highest BCUT2D eigenvalue weighted by molar-refractivity contribution is 9.10. The van der Waals surface area contributed by atoms with E-state index in [0.29, 0.717) is 0 Å². The normalized spacial score (nSPS) is 12.8. The van der Waals surface area contributed by atoms with Gasteiger partial charge >= 0.3 is 5.97 Å². The summed E-state index contributed by atoms with van der Waals surface area (Å²) in [5.74, 6) is -1.57. The minimum absolute atomic E-state index is 0.387. The van der Waals surface area contributed by atoms with Gasteiger partial charge in [-0.15, -0.1) is 0 Å². The van der Waals surface area contributed by atoms with E-state index in [4.69, 9.17) is 10.8 Å². The summed E-state index contributed by atoms with van der Waals surface area (Å²) in [7, 11) is 0. The highest BCUT2D eigenvalue weighted by atomic mass is 79.9. The monoisotopic (exact) mass is 328 g/mol. The lowest BCUT2D eigenvalue weighted by molar-refractivity contribution is -0.139. The number of hydrogen-bond donors (Lipinski definition) is 3. The van der Waals surface area contributed by atoms with Gasteiger partial charge in [-0.05, 0) is 31.5 Å². The van der Waals surface area contributed by atoms with Crippen molar-refractivity contribution in [2.24, 2.45) is 5.73 Å². The summed E-state index contributed by atoms with van der Waals surface area (Å²) in [4.78, 5) is 22.3. The smallest absolute Gasteiger partial charge is 0.305 e. The lowest BCUT2D eigenvalue weighted by Crippen LogP contribution is -2.49. The SMILES string of the molecule is CC(C)(NC(=O)C(N)CC(=O)O)c1ccc(Br)cc1. The van der Waals surface area contributed by atoms with Crippen LogP contribution in [0.15, 0.2) is 28.7 Å². The van der Waals surface area contributed by atoms with Gasteiger partial charge in [-0.25, -0.2) is 0 Å². The summed E-state index contributed by atoms with van der Waals surface area (Å²) in [5.41, 5.74) is 5.82. The second-order valence-electron chi connectivity index (χ2n) is 4.83. The van der Waals surface area contributed by atoms with Crippen molar-refractivity contribution in [3.05, 3.63) is 34.3 Å². The molecule has 1 aromatic rings. The molecule has 0 heterocycles. The van der Waals surface area contributed by atoms with E-state index in [2.05, 4.69) is 21.2 Å². The Kier molecular flexibility index (Phi) is 5.08. The minimum Gasteiger partial charge on any atom is -0.481 e. The number of carboxylic acids is 1. The Hall–Kier alpha value is -1.40. The Labute approximate surface area is 120 Å². The number of nitrogens with one attached hydrogen (secondary N) is 1. The summed E-state index contributed by atoms with van der Waals surface area (Å²) in [6.07, 6.45) is -0.387. The molecule has 0 bridgehead atoms. The number of benzene rings is 1. The Balaban J connectivity index is 2.76. The molecule has 0 saturated carbocycles. The summed E-state index contributed by atoms with van der Waals surface area (Å²) >= 11 is 3.34. The lowest BCUT2D eigenvalue weighted by atomic mass is 9.94. The fourth-order valence-corrected chi connectivity index (χ4v) is 1.88. The average Bonchev–Trinajstić information content (AvgIpc) is 2.27. The van der Waals surface area contributed by atoms with Crippen molar-refractivity contribution in [2.75, 3.05) is 0 Å². The van der Waals surface area contributed by atoms with Gasteiger partial charge < -0.3 is 16.2 Å². The van der Waals surface area contributed by atoms with Gasteiger partial charge in [-0.1, -0.05) is 28.1 Å². The van der Waals surface area contributed by atoms with Crippen LogP contribution in [0.1, 0.15) is 25.8 Å². The molecule has 0 saturated heterocycles. The summed E-state index contributed by atoms with van der Waals surface area (Å²) in [6, 6.07) is 6.47. The molecular formula is C13H17BrN2O3. The largest absolute Gasteiger partial charge is 0.481 e. The fraction of sp³-hybridized carbons (Fsp3) is 0.385. The predicted octanol–water partition coefficient (Wildman–Crippen LogP) is 1.60. The molecule has 0 aliphatic carbocycles. The van der Waals surface area contributed by atoms with Crippen LogP contribution in [0.4, 0.5) is 0 Å². The predicted molar refractivity (Wildman–Crippen MR) is 75.5 cm³/mol. The zero-order valence-electron chi connectivity index (χ0n) is 10.8. The molecule has 104 valence electrons. The zero-order valence-corrected chi connectivity index (χ0v) is 12.4. The van der Waals surface area contributed by atoms with Gasteiger partial charge in [-0.2, -0.15) is 0 Å². The third-order valence-electron chi connectivity index (χ3n) is 2.73. The highest BCUT2D eigenvalue weighted by Gasteiger charge is 2.26. The van der Waals surface area contributed by atoms with Crippen molar-refractivity contribution < 1.29 is 14.7 Å². The van der Waals surface area contributed by atoms with Crippen LogP contribution in [0.3, 0.4) is 0 Å². The fourth-order valence-electron chi connectivity index (χ4n) is 1.62. The van der Waals surface area contributed by atoms with Crippen LogP contribution >= 0.6 is 15.9 Å². The molecule has 1 rings (SSSR count). The van der Waals surface area contributed by atoms with Crippen LogP contribution in [0.5, 0.6) is 0 Å². The molecule has 5 nitrogen and oxygen atoms in total. The molecule has 0 fully saturated rings. The van der Waals surface area contributed by atoms with Crippen LogP contribution in [0.25, 0.3) is 0 Å². The number of amides is 1. The van der Waals surface area contributed by atoms with Crippen molar-refractivity contribution in [1.29, 1.82) is 0 Å². The maximum absolute atomic E-state index is 11.8. The second kappa shape index (κ2) is 6.16. The van der Waals surface area contributed by atoms with Crippen LogP contribution in [0, 0.1) is 0 Å². The summed E-state index contributed by atoms with van der Waals surface area (Å²) < 4.78 is 0.945. The molecule has 0 spiro atoms. The molecule has 6 heteroatoms. The van der Waals surface area contributed by atoms with Crippen LogP contribution in [-0.2, 0) is 15.1 Å². The van der Waals surface area contributed by atoms with Gasteiger partial charge in [0.1, 0.15) is 0 Å². The molecule has 19 heavy (non-hydrogen) atoms. The lowest BCUT2D eigenvalue weighted by Gasteiger charge is -2.28. The quantitative estimate of drug-likeness (QED) is 0.765. The molecular weight excluding hydrogens is 312 g/mol. The third-order valence-corrected chi connectivity index (χ3v) is 3.26. The number of carbonyl (C=O) groups is 2. The van der Waals surface area contributed by atoms with Gasteiger partial charge in [0.05, 0.1) is 18.0 Å². The van der Waals surface area contributed by atoms with E-state index in [1.54, 1.807) is 0 Å². The summed E-state index contributed by atoms with van der Waals surface area (Å²) in [6.45, 7) is 3.67. The summed E-state index contributed by atoms with van der Waals surface area (Å²) in [5, 5.41) is 11.4. The molecule has 1 atom stereocenters. The number of aliphatic carboxylic acids is 1. The number of hydrogen-bond acceptors (Lipinski definition) is 3. The van der Waals surface area contributed by atoms with Crippen molar-refractivity contribution in [1.82, 2.24) is 5.32 Å². The first-order chi connectivity index (χ1) is 8.72. The molecule has 4 N–H and O–H groups in total. The molecule has 1 amide bonds. The van der Waals surface area contributed by atoms with Crippen LogP contribution in [0.2, 0.25) is 0 Å². The Morgan fingerprint density at radius 3 is 2.37 bits per heavy atom. The molecule has 1 aromatic carbocycles. The first kappa shape index (κ1) is 15.7. The first-order valence-electron chi connectivity index (χ1n) is 5.78. The van der Waals surface area contributed by atoms with Gasteiger partial charge in [0.2, 0.25) is 5.91 Å². The Morgan fingerprint density at radius 1 is 1.37 bits per heavy atom. The van der Waals surface area contributed by atoms with E-state index < -0.39 is 23.5 Å². The van der Waals surface area contributed by atoms with E-state index in [1.807, 2.05) is 38.1 Å². The number of halogens is 1. The van der Waals surface area contributed by atoms with Gasteiger partial charge in [0.15, 0.2) is 0 Å². The molecule has 0 radical (unpaired) electrons.